The van der Waals surface area contributed by atoms with Gasteiger partial charge in [0, 0.05) is 29.2 Å². The number of rotatable bonds is 5. The molecule has 3 aromatic rings. The summed E-state index contributed by atoms with van der Waals surface area (Å²) in [6.07, 6.45) is 4.16. The summed E-state index contributed by atoms with van der Waals surface area (Å²) in [5, 5.41) is 4.05. The number of carbonyl (C=O) groups excluding carboxylic acids is 1. The van der Waals surface area contributed by atoms with Gasteiger partial charge in [0.15, 0.2) is 0 Å². The maximum Gasteiger partial charge on any atom is 0.253 e. The highest BCUT2D eigenvalue weighted by Crippen LogP contribution is 2.17. The molecule has 3 rings (SSSR count). The summed E-state index contributed by atoms with van der Waals surface area (Å²) in [5.41, 5.74) is 3.06. The summed E-state index contributed by atoms with van der Waals surface area (Å²) in [6.45, 7) is 2.21. The van der Waals surface area contributed by atoms with Crippen LogP contribution in [0.4, 0.5) is 0 Å². The molecule has 0 radical (unpaired) electrons. The molecule has 0 aliphatic carbocycles. The Kier molecular flexibility index (Phi) is 4.23. The van der Waals surface area contributed by atoms with Gasteiger partial charge < -0.3 is 15.3 Å². The van der Waals surface area contributed by atoms with E-state index >= 15 is 0 Å². The van der Waals surface area contributed by atoms with Crippen molar-refractivity contribution in [2.75, 3.05) is 6.54 Å². The van der Waals surface area contributed by atoms with E-state index in [0.717, 1.165) is 11.9 Å². The Hall–Kier alpha value is -2.89. The van der Waals surface area contributed by atoms with E-state index in [-0.39, 0.29) is 17.9 Å². The van der Waals surface area contributed by atoms with Crippen LogP contribution in [0.1, 0.15) is 16.8 Å². The predicted molar refractivity (Wildman–Crippen MR) is 88.3 cm³/mol. The van der Waals surface area contributed by atoms with Crippen LogP contribution in [0.2, 0.25) is 0 Å². The minimum absolute atomic E-state index is 0.115. The number of amides is 1. The van der Waals surface area contributed by atoms with Gasteiger partial charge in [-0.25, -0.2) is 4.98 Å². The van der Waals surface area contributed by atoms with Crippen LogP contribution >= 0.6 is 0 Å². The van der Waals surface area contributed by atoms with Crippen molar-refractivity contribution < 1.29 is 4.79 Å². The molecular formula is C17H18N4O2. The summed E-state index contributed by atoms with van der Waals surface area (Å²) in [6, 6.07) is 8.08. The van der Waals surface area contributed by atoms with Crippen molar-refractivity contribution in [1.82, 2.24) is 20.3 Å². The van der Waals surface area contributed by atoms with Crippen LogP contribution in [0.3, 0.4) is 0 Å². The molecule has 0 aliphatic rings. The lowest BCUT2D eigenvalue weighted by atomic mass is 10.1. The molecule has 1 amide bonds. The van der Waals surface area contributed by atoms with Crippen LogP contribution < -0.4 is 10.9 Å². The lowest BCUT2D eigenvalue weighted by Crippen LogP contribution is -2.28. The SMILES string of the molecule is Cc1c(CC(=O)NCCc2c[nH]c3ccccc23)nc[nH]c1=O. The lowest BCUT2D eigenvalue weighted by molar-refractivity contribution is -0.120. The van der Waals surface area contributed by atoms with Gasteiger partial charge in [0.2, 0.25) is 5.91 Å². The Bertz CT molecular complexity index is 895. The zero-order chi connectivity index (χ0) is 16.2. The van der Waals surface area contributed by atoms with Crippen LogP contribution in [-0.4, -0.2) is 27.4 Å². The Morgan fingerprint density at radius 3 is 2.96 bits per heavy atom. The van der Waals surface area contributed by atoms with Gasteiger partial charge in [-0.2, -0.15) is 0 Å². The van der Waals surface area contributed by atoms with E-state index in [1.807, 2.05) is 24.4 Å². The van der Waals surface area contributed by atoms with Crippen molar-refractivity contribution in [2.45, 2.75) is 19.8 Å². The highest BCUT2D eigenvalue weighted by atomic mass is 16.1. The Labute approximate surface area is 133 Å². The first kappa shape index (κ1) is 15.0. The first-order valence-corrected chi connectivity index (χ1v) is 7.50. The zero-order valence-electron chi connectivity index (χ0n) is 12.8. The fraction of sp³-hybridized carbons (Fsp3) is 0.235. The van der Waals surface area contributed by atoms with E-state index < -0.39 is 0 Å². The maximum atomic E-state index is 12.0. The van der Waals surface area contributed by atoms with Gasteiger partial charge in [0.05, 0.1) is 18.4 Å². The monoisotopic (exact) mass is 310 g/mol. The van der Waals surface area contributed by atoms with E-state index in [4.69, 9.17) is 0 Å². The van der Waals surface area contributed by atoms with E-state index in [9.17, 15) is 9.59 Å². The quantitative estimate of drug-likeness (QED) is 0.666. The molecule has 0 bridgehead atoms. The third-order valence-electron chi connectivity index (χ3n) is 3.91. The zero-order valence-corrected chi connectivity index (χ0v) is 12.8. The summed E-state index contributed by atoms with van der Waals surface area (Å²) < 4.78 is 0. The van der Waals surface area contributed by atoms with Gasteiger partial charge in [-0.15, -0.1) is 0 Å². The van der Waals surface area contributed by atoms with Crippen LogP contribution in [0.5, 0.6) is 0 Å². The van der Waals surface area contributed by atoms with Gasteiger partial charge in [-0.1, -0.05) is 18.2 Å². The summed E-state index contributed by atoms with van der Waals surface area (Å²) >= 11 is 0. The summed E-state index contributed by atoms with van der Waals surface area (Å²) in [5.74, 6) is -0.133. The molecule has 23 heavy (non-hydrogen) atoms. The largest absolute Gasteiger partial charge is 0.361 e. The standard InChI is InChI=1S/C17H18N4O2/c1-11-15(20-10-21-17(11)23)8-16(22)18-7-6-12-9-19-14-5-3-2-4-13(12)14/h2-5,9-10,19H,6-8H2,1H3,(H,18,22)(H,20,21,23). The van der Waals surface area contributed by atoms with Crippen molar-refractivity contribution in [3.63, 3.8) is 0 Å². The van der Waals surface area contributed by atoms with Crippen LogP contribution in [0, 0.1) is 6.92 Å². The first-order chi connectivity index (χ1) is 11.1. The van der Waals surface area contributed by atoms with E-state index in [0.29, 0.717) is 17.8 Å². The second-order valence-electron chi connectivity index (χ2n) is 5.44. The van der Waals surface area contributed by atoms with Crippen LogP contribution in [-0.2, 0) is 17.6 Å². The molecule has 0 atom stereocenters. The van der Waals surface area contributed by atoms with Crippen molar-refractivity contribution in [2.24, 2.45) is 0 Å². The average molecular weight is 310 g/mol. The third kappa shape index (κ3) is 3.31. The molecule has 0 aliphatic heterocycles. The number of nitrogens with zero attached hydrogens (tertiary/aromatic N) is 1. The van der Waals surface area contributed by atoms with Crippen molar-refractivity contribution in [3.8, 4) is 0 Å². The number of fused-ring (bicyclic) bond motifs is 1. The van der Waals surface area contributed by atoms with Gasteiger partial charge in [-0.05, 0) is 25.0 Å². The topological polar surface area (TPSA) is 90.6 Å². The van der Waals surface area contributed by atoms with E-state index in [1.54, 1.807) is 6.92 Å². The maximum absolute atomic E-state index is 12.0. The van der Waals surface area contributed by atoms with Crippen molar-refractivity contribution in [1.29, 1.82) is 0 Å². The number of hydrogen-bond acceptors (Lipinski definition) is 3. The lowest BCUT2D eigenvalue weighted by Gasteiger charge is -2.06. The molecule has 0 unspecified atom stereocenters. The highest BCUT2D eigenvalue weighted by molar-refractivity contribution is 5.83. The minimum Gasteiger partial charge on any atom is -0.361 e. The number of para-hydroxylation sites is 1. The number of aromatic nitrogens is 3. The molecule has 2 heterocycles. The molecule has 0 fully saturated rings. The summed E-state index contributed by atoms with van der Waals surface area (Å²) in [4.78, 5) is 33.2. The number of benzene rings is 1. The minimum atomic E-state index is -0.207. The average Bonchev–Trinajstić information content (AvgIpc) is 2.95. The number of H-pyrrole nitrogens is 2. The normalized spacial score (nSPS) is 10.8. The third-order valence-corrected chi connectivity index (χ3v) is 3.91. The molecule has 1 aromatic carbocycles. The number of nitrogens with one attached hydrogen (secondary N) is 3. The number of carbonyl (C=O) groups is 1. The van der Waals surface area contributed by atoms with Crippen molar-refractivity contribution >= 4 is 16.8 Å². The highest BCUT2D eigenvalue weighted by Gasteiger charge is 2.09. The fourth-order valence-corrected chi connectivity index (χ4v) is 2.57. The van der Waals surface area contributed by atoms with Crippen LogP contribution in [0.25, 0.3) is 10.9 Å². The molecular weight excluding hydrogens is 292 g/mol. The van der Waals surface area contributed by atoms with Crippen molar-refractivity contribution in [3.05, 3.63) is 64.0 Å². The molecule has 3 N–H and O–H groups in total. The van der Waals surface area contributed by atoms with Gasteiger partial charge in [0.25, 0.3) is 5.56 Å². The molecule has 6 nitrogen and oxygen atoms in total. The molecule has 0 saturated heterocycles. The number of hydrogen-bond donors (Lipinski definition) is 3. The predicted octanol–water partition coefficient (Wildman–Crippen LogP) is 1.46. The van der Waals surface area contributed by atoms with Gasteiger partial charge in [0.1, 0.15) is 0 Å². The van der Waals surface area contributed by atoms with Gasteiger partial charge >= 0.3 is 0 Å². The molecule has 6 heteroatoms. The Balaban J connectivity index is 1.57. The molecule has 118 valence electrons. The Morgan fingerprint density at radius 2 is 2.09 bits per heavy atom. The smallest absolute Gasteiger partial charge is 0.253 e. The number of aromatic amines is 2. The summed E-state index contributed by atoms with van der Waals surface area (Å²) in [7, 11) is 0. The van der Waals surface area contributed by atoms with E-state index in [2.05, 4.69) is 26.3 Å². The van der Waals surface area contributed by atoms with Crippen LogP contribution in [0.15, 0.2) is 41.6 Å². The fourth-order valence-electron chi connectivity index (χ4n) is 2.57. The first-order valence-electron chi connectivity index (χ1n) is 7.50. The molecule has 0 saturated carbocycles. The molecule has 0 spiro atoms. The van der Waals surface area contributed by atoms with Gasteiger partial charge in [-0.3, -0.25) is 9.59 Å². The Morgan fingerprint density at radius 1 is 1.26 bits per heavy atom. The second kappa shape index (κ2) is 6.48. The van der Waals surface area contributed by atoms with E-state index in [1.165, 1.54) is 17.3 Å². The molecule has 2 aromatic heterocycles. The second-order valence-corrected chi connectivity index (χ2v) is 5.44.